The lowest BCUT2D eigenvalue weighted by Crippen LogP contribution is -2.27. The summed E-state index contributed by atoms with van der Waals surface area (Å²) in [6, 6.07) is 28.7. The van der Waals surface area contributed by atoms with Gasteiger partial charge in [-0.3, -0.25) is 14.4 Å². The first kappa shape index (κ1) is 33.8. The van der Waals surface area contributed by atoms with Crippen LogP contribution in [0.25, 0.3) is 22.3 Å². The fourth-order valence-electron chi connectivity index (χ4n) is 5.61. The number of carboxylic acids is 1. The van der Waals surface area contributed by atoms with Gasteiger partial charge in [0.2, 0.25) is 5.91 Å². The predicted octanol–water partition coefficient (Wildman–Crippen LogP) is 8.51. The van der Waals surface area contributed by atoms with E-state index in [9.17, 15) is 27.6 Å². The Kier molecular flexibility index (Phi) is 10.5. The van der Waals surface area contributed by atoms with Crippen molar-refractivity contribution in [1.29, 1.82) is 0 Å². The average molecular weight is 659 g/mol. The Morgan fingerprint density at radius 2 is 1.54 bits per heavy atom. The third-order valence-corrected chi connectivity index (χ3v) is 7.85. The van der Waals surface area contributed by atoms with Gasteiger partial charge in [-0.2, -0.15) is 0 Å². The zero-order valence-corrected chi connectivity index (χ0v) is 25.9. The normalized spacial score (nSPS) is 12.7. The van der Waals surface area contributed by atoms with Crippen LogP contribution in [0.3, 0.4) is 0 Å². The Morgan fingerprint density at radius 3 is 2.17 bits per heavy atom. The first-order valence-corrected chi connectivity index (χ1v) is 15.4. The van der Waals surface area contributed by atoms with Crippen LogP contribution in [0.4, 0.5) is 18.9 Å². The summed E-state index contributed by atoms with van der Waals surface area (Å²) in [5.74, 6) is -2.80. The molecule has 8 nitrogen and oxygen atoms in total. The smallest absolute Gasteiger partial charge is 0.481 e. The standard InChI is InChI=1S/C37H33F3N2O6/c1-2-5-30(23-8-10-26(11-9-23)35(45)41-21-20-33(43)44)34(25-14-18-29(19-15-25)48-37(38,39)40)36(46)42-28-16-12-24(13-17-28)32-22-27-6-3-4-7-31(27)47-32/h3-4,6-19,22,30,34H,2,5,20-21H2,1H3,(H,41,45)(H,42,46)(H,43,44)/t30?,34-/m1/s1. The molecule has 0 aliphatic heterocycles. The molecule has 0 spiro atoms. The number of aliphatic carboxylic acids is 1. The summed E-state index contributed by atoms with van der Waals surface area (Å²) in [6.07, 6.45) is -3.84. The highest BCUT2D eigenvalue weighted by atomic mass is 19.4. The van der Waals surface area contributed by atoms with Crippen LogP contribution >= 0.6 is 0 Å². The number of carbonyl (C=O) groups excluding carboxylic acids is 2. The average Bonchev–Trinajstić information content (AvgIpc) is 3.49. The summed E-state index contributed by atoms with van der Waals surface area (Å²) < 4.78 is 48.6. The van der Waals surface area contributed by atoms with Gasteiger partial charge in [0.25, 0.3) is 5.91 Å². The van der Waals surface area contributed by atoms with Gasteiger partial charge in [-0.05, 0) is 84.1 Å². The molecule has 1 heterocycles. The highest BCUT2D eigenvalue weighted by molar-refractivity contribution is 5.97. The molecule has 3 N–H and O–H groups in total. The molecule has 0 aliphatic carbocycles. The Hall–Kier alpha value is -5.58. The van der Waals surface area contributed by atoms with Gasteiger partial charge in [0.1, 0.15) is 17.1 Å². The second kappa shape index (κ2) is 14.9. The first-order chi connectivity index (χ1) is 23.0. The maximum absolute atomic E-state index is 14.1. The number of hydrogen-bond acceptors (Lipinski definition) is 5. The maximum atomic E-state index is 14.1. The molecule has 0 radical (unpaired) electrons. The van der Waals surface area contributed by atoms with Crippen molar-refractivity contribution in [3.63, 3.8) is 0 Å². The minimum absolute atomic E-state index is 0.0239. The van der Waals surface area contributed by atoms with Crippen LogP contribution in [0.5, 0.6) is 5.75 Å². The molecule has 2 amide bonds. The maximum Gasteiger partial charge on any atom is 0.573 e. The molecule has 48 heavy (non-hydrogen) atoms. The van der Waals surface area contributed by atoms with Crippen LogP contribution in [0, 0.1) is 0 Å². The summed E-state index contributed by atoms with van der Waals surface area (Å²) in [4.78, 5) is 37.4. The zero-order valence-electron chi connectivity index (χ0n) is 25.9. The van der Waals surface area contributed by atoms with Gasteiger partial charge in [-0.15, -0.1) is 13.2 Å². The Bertz CT molecular complexity index is 1830. The van der Waals surface area contributed by atoms with Crippen LogP contribution in [0.1, 0.15) is 59.5 Å². The number of rotatable bonds is 13. The minimum atomic E-state index is -4.86. The molecular formula is C37H33F3N2O6. The Balaban J connectivity index is 1.42. The number of alkyl halides is 3. The zero-order chi connectivity index (χ0) is 34.3. The van der Waals surface area contributed by atoms with E-state index in [-0.39, 0.29) is 18.9 Å². The van der Waals surface area contributed by atoms with E-state index < -0.39 is 35.8 Å². The Labute approximate surface area is 274 Å². The number of fused-ring (bicyclic) bond motifs is 1. The molecule has 0 aliphatic rings. The summed E-state index contributed by atoms with van der Waals surface area (Å²) in [5, 5.41) is 15.3. The van der Waals surface area contributed by atoms with Crippen molar-refractivity contribution in [1.82, 2.24) is 5.32 Å². The lowest BCUT2D eigenvalue weighted by atomic mass is 9.78. The summed E-state index contributed by atoms with van der Waals surface area (Å²) in [6.45, 7) is 1.94. The molecule has 248 valence electrons. The van der Waals surface area contributed by atoms with Crippen molar-refractivity contribution in [3.05, 3.63) is 120 Å². The number of carboxylic acid groups (broad SMARTS) is 1. The molecule has 0 bridgehead atoms. The molecule has 1 aromatic heterocycles. The fraction of sp³-hybridized carbons (Fsp3) is 0.216. The van der Waals surface area contributed by atoms with Crippen molar-refractivity contribution in [3.8, 4) is 17.1 Å². The number of amides is 2. The number of halogens is 3. The SMILES string of the molecule is CCCC(c1ccc(C(=O)NCCC(=O)O)cc1)[C@H](C(=O)Nc1ccc(-c2cc3ccccc3o2)cc1)c1ccc(OC(F)(F)F)cc1. The van der Waals surface area contributed by atoms with Crippen molar-refractivity contribution in [2.45, 2.75) is 44.4 Å². The van der Waals surface area contributed by atoms with Crippen LogP contribution in [0.2, 0.25) is 0 Å². The molecule has 0 fully saturated rings. The summed E-state index contributed by atoms with van der Waals surface area (Å²) >= 11 is 0. The van der Waals surface area contributed by atoms with Crippen LogP contribution in [0.15, 0.2) is 108 Å². The van der Waals surface area contributed by atoms with E-state index in [2.05, 4.69) is 15.4 Å². The highest BCUT2D eigenvalue weighted by Crippen LogP contribution is 2.39. The molecule has 4 aromatic carbocycles. The van der Waals surface area contributed by atoms with E-state index in [0.29, 0.717) is 35.4 Å². The van der Waals surface area contributed by atoms with E-state index in [1.165, 1.54) is 24.3 Å². The van der Waals surface area contributed by atoms with Gasteiger partial charge in [0.05, 0.1) is 12.3 Å². The van der Waals surface area contributed by atoms with Crippen LogP contribution in [-0.4, -0.2) is 35.8 Å². The van der Waals surface area contributed by atoms with E-state index >= 15 is 0 Å². The molecule has 1 unspecified atom stereocenters. The van der Waals surface area contributed by atoms with Crippen LogP contribution < -0.4 is 15.4 Å². The predicted molar refractivity (Wildman–Crippen MR) is 175 cm³/mol. The lowest BCUT2D eigenvalue weighted by Gasteiger charge is -2.28. The number of furan rings is 1. The van der Waals surface area contributed by atoms with Gasteiger partial charge in [-0.25, -0.2) is 0 Å². The van der Waals surface area contributed by atoms with Crippen molar-refractivity contribution >= 4 is 34.4 Å². The van der Waals surface area contributed by atoms with Crippen molar-refractivity contribution in [2.75, 3.05) is 11.9 Å². The quantitative estimate of drug-likeness (QED) is 0.117. The van der Waals surface area contributed by atoms with Gasteiger partial charge >= 0.3 is 12.3 Å². The molecule has 0 saturated heterocycles. The highest BCUT2D eigenvalue weighted by Gasteiger charge is 2.33. The Morgan fingerprint density at radius 1 is 0.875 bits per heavy atom. The molecule has 5 aromatic rings. The largest absolute Gasteiger partial charge is 0.573 e. The second-order valence-corrected chi connectivity index (χ2v) is 11.2. The van der Waals surface area contributed by atoms with E-state index in [0.717, 1.165) is 22.1 Å². The number of hydrogen-bond donors (Lipinski definition) is 3. The minimum Gasteiger partial charge on any atom is -0.481 e. The topological polar surface area (TPSA) is 118 Å². The summed E-state index contributed by atoms with van der Waals surface area (Å²) in [5.41, 5.74) is 3.64. The number of anilines is 1. The van der Waals surface area contributed by atoms with E-state index in [1.54, 1.807) is 36.4 Å². The number of benzene rings is 4. The number of nitrogens with one attached hydrogen (secondary N) is 2. The molecule has 2 atom stereocenters. The van der Waals surface area contributed by atoms with Gasteiger partial charge in [-0.1, -0.05) is 55.8 Å². The fourth-order valence-corrected chi connectivity index (χ4v) is 5.61. The first-order valence-electron chi connectivity index (χ1n) is 15.4. The van der Waals surface area contributed by atoms with E-state index in [1.807, 2.05) is 49.4 Å². The van der Waals surface area contributed by atoms with Gasteiger partial charge < -0.3 is 24.9 Å². The molecule has 0 saturated carbocycles. The van der Waals surface area contributed by atoms with Crippen molar-refractivity contribution in [2.24, 2.45) is 0 Å². The lowest BCUT2D eigenvalue weighted by molar-refractivity contribution is -0.274. The number of para-hydroxylation sites is 1. The third-order valence-electron chi connectivity index (χ3n) is 7.85. The van der Waals surface area contributed by atoms with Gasteiger partial charge in [0.15, 0.2) is 0 Å². The molecule has 11 heteroatoms. The molecule has 5 rings (SSSR count). The summed E-state index contributed by atoms with van der Waals surface area (Å²) in [7, 11) is 0. The monoisotopic (exact) mass is 658 g/mol. The third kappa shape index (κ3) is 8.61. The van der Waals surface area contributed by atoms with E-state index in [4.69, 9.17) is 9.52 Å². The van der Waals surface area contributed by atoms with Crippen LogP contribution in [-0.2, 0) is 9.59 Å². The number of ether oxygens (including phenoxy) is 1. The number of carbonyl (C=O) groups is 3. The second-order valence-electron chi connectivity index (χ2n) is 11.2. The van der Waals surface area contributed by atoms with Gasteiger partial charge in [0, 0.05) is 28.7 Å². The van der Waals surface area contributed by atoms with Crippen molar-refractivity contribution < 1.29 is 41.8 Å². The molecular weight excluding hydrogens is 625 g/mol.